The molecule has 0 spiro atoms. The lowest BCUT2D eigenvalue weighted by atomic mass is 10.1. The van der Waals surface area contributed by atoms with Gasteiger partial charge in [-0.3, -0.25) is 0 Å². The van der Waals surface area contributed by atoms with Gasteiger partial charge in [-0.25, -0.2) is 23.3 Å². The molecule has 0 heterocycles. The van der Waals surface area contributed by atoms with Crippen molar-refractivity contribution in [2.75, 3.05) is 4.90 Å². The van der Waals surface area contributed by atoms with Crippen LogP contribution in [0.4, 0.5) is 10.5 Å². The summed E-state index contributed by atoms with van der Waals surface area (Å²) >= 11 is 0. The van der Waals surface area contributed by atoms with Gasteiger partial charge in [0.1, 0.15) is 0 Å². The van der Waals surface area contributed by atoms with E-state index in [0.29, 0.717) is 16.9 Å². The number of nitrogens with two attached hydrogens (primary N) is 1. The number of anilines is 1. The molecule has 0 unspecified atom stereocenters. The zero-order valence-electron chi connectivity index (χ0n) is 12.4. The van der Waals surface area contributed by atoms with E-state index in [2.05, 4.69) is 0 Å². The van der Waals surface area contributed by atoms with E-state index in [0.717, 1.165) is 4.90 Å². The highest BCUT2D eigenvalue weighted by atomic mass is 32.2. The first kappa shape index (κ1) is 16.7. The largest absolute Gasteiger partial charge is 0.464 e. The molecule has 0 radical (unpaired) electrons. The van der Waals surface area contributed by atoms with Crippen LogP contribution in [0, 0.1) is 0 Å². The Morgan fingerprint density at radius 2 is 1.65 bits per heavy atom. The molecule has 2 rings (SSSR count). The molecule has 2 aromatic carbocycles. The minimum atomic E-state index is -3.79. The van der Waals surface area contributed by atoms with Crippen molar-refractivity contribution in [2.45, 2.75) is 11.8 Å². The molecule has 0 saturated heterocycles. The summed E-state index contributed by atoms with van der Waals surface area (Å²) in [6, 6.07) is 14.4. The van der Waals surface area contributed by atoms with Crippen LogP contribution in [0.15, 0.2) is 65.6 Å². The monoisotopic (exact) mass is 332 g/mol. The van der Waals surface area contributed by atoms with Gasteiger partial charge in [0, 0.05) is 0 Å². The number of hydrogen-bond donors (Lipinski definition) is 2. The molecule has 3 N–H and O–H groups in total. The van der Waals surface area contributed by atoms with Crippen molar-refractivity contribution in [3.8, 4) is 0 Å². The number of amides is 1. The zero-order valence-corrected chi connectivity index (χ0v) is 13.2. The van der Waals surface area contributed by atoms with Crippen LogP contribution >= 0.6 is 0 Å². The number of carbonyl (C=O) groups is 1. The first-order valence-corrected chi connectivity index (χ1v) is 8.27. The van der Waals surface area contributed by atoms with E-state index in [-0.39, 0.29) is 4.90 Å². The number of nitrogens with zero attached hydrogens (tertiary/aromatic N) is 1. The average Bonchev–Trinajstić information content (AvgIpc) is 2.52. The minimum absolute atomic E-state index is 0.0294. The fraction of sp³-hybridized carbons (Fsp3) is 0.0625. The van der Waals surface area contributed by atoms with Gasteiger partial charge in [-0.15, -0.1) is 0 Å². The topological polar surface area (TPSA) is 101 Å². The van der Waals surface area contributed by atoms with Gasteiger partial charge in [0.15, 0.2) is 0 Å². The number of carboxylic acid groups (broad SMARTS) is 1. The molecule has 1 amide bonds. The quantitative estimate of drug-likeness (QED) is 0.899. The molecule has 6 nitrogen and oxygen atoms in total. The number of rotatable bonds is 4. The van der Waals surface area contributed by atoms with E-state index in [1.807, 2.05) is 0 Å². The second kappa shape index (κ2) is 6.64. The highest BCUT2D eigenvalue weighted by molar-refractivity contribution is 7.89. The Morgan fingerprint density at radius 3 is 2.09 bits per heavy atom. The highest BCUT2D eigenvalue weighted by Crippen LogP contribution is 2.27. The third-order valence-corrected chi connectivity index (χ3v) is 4.13. The molecule has 7 heteroatoms. The lowest BCUT2D eigenvalue weighted by molar-refractivity contribution is 0.205. The van der Waals surface area contributed by atoms with E-state index in [1.165, 1.54) is 24.3 Å². The van der Waals surface area contributed by atoms with Crippen LogP contribution in [0.25, 0.3) is 5.70 Å². The zero-order chi connectivity index (χ0) is 17.0. The Balaban J connectivity index is 2.48. The van der Waals surface area contributed by atoms with Crippen molar-refractivity contribution in [2.24, 2.45) is 5.14 Å². The van der Waals surface area contributed by atoms with Crippen LogP contribution in [0.1, 0.15) is 12.5 Å². The Morgan fingerprint density at radius 1 is 1.09 bits per heavy atom. The summed E-state index contributed by atoms with van der Waals surface area (Å²) in [4.78, 5) is 12.8. The Labute approximate surface area is 134 Å². The second-order valence-corrected chi connectivity index (χ2v) is 6.26. The van der Waals surface area contributed by atoms with Crippen molar-refractivity contribution in [1.29, 1.82) is 0 Å². The lowest BCUT2D eigenvalue weighted by Gasteiger charge is -2.22. The third-order valence-electron chi connectivity index (χ3n) is 3.20. The Kier molecular flexibility index (Phi) is 4.83. The maximum Gasteiger partial charge on any atom is 0.416 e. The van der Waals surface area contributed by atoms with Gasteiger partial charge in [0.05, 0.1) is 16.3 Å². The first-order valence-electron chi connectivity index (χ1n) is 6.72. The lowest BCUT2D eigenvalue weighted by Crippen LogP contribution is -2.27. The second-order valence-electron chi connectivity index (χ2n) is 4.70. The molecule has 0 aliphatic rings. The van der Waals surface area contributed by atoms with Crippen molar-refractivity contribution in [1.82, 2.24) is 0 Å². The molecule has 23 heavy (non-hydrogen) atoms. The van der Waals surface area contributed by atoms with E-state index >= 15 is 0 Å². The number of para-hydroxylation sites is 1. The highest BCUT2D eigenvalue weighted by Gasteiger charge is 2.20. The molecule has 0 bridgehead atoms. The van der Waals surface area contributed by atoms with E-state index in [1.54, 1.807) is 43.3 Å². The molecule has 0 aliphatic heterocycles. The standard InChI is InChI=1S/C16H16N2O4S/c1-2-15(12-8-10-14(11-9-12)23(17,21)22)18(16(19)20)13-6-4-3-5-7-13/h2-11H,1H3,(H,19,20)(H2,17,21,22)/b15-2-. The summed E-state index contributed by atoms with van der Waals surface area (Å²) in [5, 5.41) is 14.6. The van der Waals surface area contributed by atoms with Gasteiger partial charge in [-0.1, -0.05) is 36.4 Å². The van der Waals surface area contributed by atoms with Crippen molar-refractivity contribution < 1.29 is 18.3 Å². The van der Waals surface area contributed by atoms with Gasteiger partial charge in [-0.2, -0.15) is 0 Å². The van der Waals surface area contributed by atoms with E-state index < -0.39 is 16.1 Å². The molecule has 120 valence electrons. The summed E-state index contributed by atoms with van der Waals surface area (Å²) in [7, 11) is -3.79. The number of primary sulfonamides is 1. The summed E-state index contributed by atoms with van der Waals surface area (Å²) in [6.07, 6.45) is 0.507. The Bertz CT molecular complexity index is 828. The van der Waals surface area contributed by atoms with Crippen molar-refractivity contribution in [3.05, 3.63) is 66.2 Å². The smallest absolute Gasteiger partial charge is 0.416 e. The maximum atomic E-state index is 11.7. The first-order chi connectivity index (χ1) is 10.8. The fourth-order valence-corrected chi connectivity index (χ4v) is 2.69. The van der Waals surface area contributed by atoms with E-state index in [4.69, 9.17) is 5.14 Å². The third kappa shape index (κ3) is 3.77. The normalized spacial score (nSPS) is 12.0. The van der Waals surface area contributed by atoms with Crippen LogP contribution in [0.3, 0.4) is 0 Å². The molecular formula is C16H16N2O4S. The van der Waals surface area contributed by atoms with Crippen molar-refractivity contribution in [3.63, 3.8) is 0 Å². The van der Waals surface area contributed by atoms with Gasteiger partial charge in [-0.05, 0) is 36.8 Å². The average molecular weight is 332 g/mol. The summed E-state index contributed by atoms with van der Waals surface area (Å²) in [5.74, 6) is 0. The fourth-order valence-electron chi connectivity index (χ4n) is 2.17. The van der Waals surface area contributed by atoms with Crippen LogP contribution in [0.2, 0.25) is 0 Å². The van der Waals surface area contributed by atoms with E-state index in [9.17, 15) is 18.3 Å². The van der Waals surface area contributed by atoms with Crippen LogP contribution in [-0.2, 0) is 10.0 Å². The molecule has 2 aromatic rings. The van der Waals surface area contributed by atoms with Gasteiger partial charge < -0.3 is 5.11 Å². The SMILES string of the molecule is C/C=C(/c1ccc(S(N)(=O)=O)cc1)N(C(=O)O)c1ccccc1. The van der Waals surface area contributed by atoms with Crippen LogP contribution in [0.5, 0.6) is 0 Å². The van der Waals surface area contributed by atoms with Crippen LogP contribution in [-0.4, -0.2) is 19.6 Å². The molecule has 0 atom stereocenters. The molecule has 0 saturated carbocycles. The molecule has 0 aliphatic carbocycles. The molecule has 0 aromatic heterocycles. The van der Waals surface area contributed by atoms with Crippen LogP contribution < -0.4 is 10.0 Å². The number of benzene rings is 2. The molecular weight excluding hydrogens is 316 g/mol. The number of allylic oxidation sites excluding steroid dienone is 1. The van der Waals surface area contributed by atoms with Gasteiger partial charge >= 0.3 is 6.09 Å². The maximum absolute atomic E-state index is 11.7. The summed E-state index contributed by atoms with van der Waals surface area (Å²) in [5.41, 5.74) is 1.47. The number of hydrogen-bond acceptors (Lipinski definition) is 3. The predicted octanol–water partition coefficient (Wildman–Crippen LogP) is 2.88. The predicted molar refractivity (Wildman–Crippen MR) is 88.4 cm³/mol. The van der Waals surface area contributed by atoms with Crippen molar-refractivity contribution >= 4 is 27.5 Å². The minimum Gasteiger partial charge on any atom is -0.464 e. The van der Waals surface area contributed by atoms with Gasteiger partial charge in [0.25, 0.3) is 0 Å². The van der Waals surface area contributed by atoms with Gasteiger partial charge in [0.2, 0.25) is 10.0 Å². The number of sulfonamides is 1. The molecule has 0 fully saturated rings. The Hall–Kier alpha value is -2.64. The summed E-state index contributed by atoms with van der Waals surface area (Å²) in [6.45, 7) is 1.71. The summed E-state index contributed by atoms with van der Waals surface area (Å²) < 4.78 is 22.6.